The number of ether oxygens (including phenoxy) is 3. The van der Waals surface area contributed by atoms with Gasteiger partial charge in [0.15, 0.2) is 8.07 Å². The maximum absolute atomic E-state index is 6.18. The maximum Gasteiger partial charge on any atom is 0.175 e. The zero-order chi connectivity index (χ0) is 27.1. The van der Waals surface area contributed by atoms with E-state index in [-0.39, 0.29) is 5.04 Å². The van der Waals surface area contributed by atoms with Crippen molar-refractivity contribution >= 4 is 23.6 Å². The summed E-state index contributed by atoms with van der Waals surface area (Å²) in [6.45, 7) is 15.5. The van der Waals surface area contributed by atoms with E-state index in [1.807, 2.05) is 0 Å². The molecule has 0 saturated carbocycles. The molecule has 0 N–H and O–H groups in total. The minimum absolute atomic E-state index is 0.311. The van der Waals surface area contributed by atoms with Crippen LogP contribution in [0.2, 0.25) is 5.04 Å². The van der Waals surface area contributed by atoms with Gasteiger partial charge in [0.25, 0.3) is 0 Å². The molecule has 0 heterocycles. The summed E-state index contributed by atoms with van der Waals surface area (Å²) in [5.74, 6) is 2.71. The Balaban J connectivity index is 2.36. The first-order valence-electron chi connectivity index (χ1n) is 12.9. The predicted octanol–water partition coefficient (Wildman–Crippen LogP) is 6.16. The summed E-state index contributed by atoms with van der Waals surface area (Å²) >= 11 is 0. The second-order valence-electron chi connectivity index (χ2n) is 10.6. The molecule has 3 aromatic rings. The highest BCUT2D eigenvalue weighted by Crippen LogP contribution is 2.54. The van der Waals surface area contributed by atoms with E-state index in [1.165, 1.54) is 49.0 Å². The second-order valence-corrected chi connectivity index (χ2v) is 14.8. The van der Waals surface area contributed by atoms with Crippen LogP contribution in [0.4, 0.5) is 0 Å². The van der Waals surface area contributed by atoms with Crippen LogP contribution in [0.1, 0.15) is 44.4 Å². The molecule has 0 aliphatic heterocycles. The molecular weight excluding hydrogens is 472 g/mol. The lowest BCUT2D eigenvalue weighted by molar-refractivity contribution is 0.415. The first-order valence-corrected chi connectivity index (χ1v) is 14.9. The Bertz CT molecular complexity index is 1290. The van der Waals surface area contributed by atoms with Gasteiger partial charge in [-0.3, -0.25) is 0 Å². The molecule has 4 rings (SSSR count). The Morgan fingerprint density at radius 2 is 0.919 bits per heavy atom. The molecule has 3 aromatic carbocycles. The number of hydrogen-bond acceptors (Lipinski definition) is 3. The molecule has 1 atom stereocenters. The van der Waals surface area contributed by atoms with Gasteiger partial charge in [0.2, 0.25) is 0 Å². The van der Waals surface area contributed by atoms with Crippen molar-refractivity contribution in [2.75, 3.05) is 21.3 Å². The summed E-state index contributed by atoms with van der Waals surface area (Å²) in [5.41, 5.74) is 7.55. The van der Waals surface area contributed by atoms with Gasteiger partial charge in [-0.15, -0.1) is 0 Å². The van der Waals surface area contributed by atoms with Gasteiger partial charge >= 0.3 is 0 Å². The van der Waals surface area contributed by atoms with E-state index < -0.39 is 8.07 Å². The topological polar surface area (TPSA) is 27.7 Å². The smallest absolute Gasteiger partial charge is 0.175 e. The summed E-state index contributed by atoms with van der Waals surface area (Å²) in [7, 11) is 2.30. The number of benzene rings is 3. The highest BCUT2D eigenvalue weighted by atomic mass is 28.3. The average Bonchev–Trinajstić information content (AvgIpc) is 3.08. The molecule has 0 saturated heterocycles. The number of rotatable bonds is 7. The average molecular weight is 513 g/mol. The molecule has 0 amide bonds. The Hall–Kier alpha value is -3.24. The van der Waals surface area contributed by atoms with Crippen molar-refractivity contribution in [3.63, 3.8) is 0 Å². The lowest BCUT2D eigenvalue weighted by Crippen LogP contribution is -2.73. The third-order valence-corrected chi connectivity index (χ3v) is 14.2. The number of allylic oxidation sites excluding steroid dienone is 4. The van der Waals surface area contributed by atoms with E-state index in [9.17, 15) is 0 Å². The van der Waals surface area contributed by atoms with Crippen molar-refractivity contribution in [3.8, 4) is 17.2 Å². The molecule has 1 aliphatic rings. The fourth-order valence-corrected chi connectivity index (χ4v) is 12.7. The molecule has 0 bridgehead atoms. The third kappa shape index (κ3) is 4.02. The van der Waals surface area contributed by atoms with Crippen LogP contribution in [-0.4, -0.2) is 29.4 Å². The van der Waals surface area contributed by atoms with E-state index in [4.69, 9.17) is 14.2 Å². The fraction of sp³-hybridized carbons (Fsp3) is 0.333. The van der Waals surface area contributed by atoms with Crippen LogP contribution in [0, 0.1) is 20.8 Å². The summed E-state index contributed by atoms with van der Waals surface area (Å²) in [5, 5.41) is 3.33. The van der Waals surface area contributed by atoms with E-state index in [2.05, 4.69) is 109 Å². The monoisotopic (exact) mass is 512 g/mol. The van der Waals surface area contributed by atoms with Gasteiger partial charge in [-0.25, -0.2) is 0 Å². The largest absolute Gasteiger partial charge is 0.497 e. The SMILES string of the molecule is COc1cc(C)ccc1[Si](c1ccc(C)cc1OC)(c1ccc(C)cc1OC)C1(C)C=C(C)C(C)=C1C. The Morgan fingerprint density at radius 3 is 1.19 bits per heavy atom. The van der Waals surface area contributed by atoms with E-state index >= 15 is 0 Å². The number of aryl methyl sites for hydroxylation is 3. The summed E-state index contributed by atoms with van der Waals surface area (Å²) in [6, 6.07) is 20.0. The van der Waals surface area contributed by atoms with Crippen LogP contribution < -0.4 is 29.8 Å². The van der Waals surface area contributed by atoms with Crippen molar-refractivity contribution in [3.05, 3.63) is 94.1 Å². The zero-order valence-corrected chi connectivity index (χ0v) is 25.0. The quantitative estimate of drug-likeness (QED) is 0.280. The normalized spacial score (nSPS) is 17.6. The van der Waals surface area contributed by atoms with Crippen LogP contribution in [0.3, 0.4) is 0 Å². The Kier molecular flexibility index (Phi) is 7.18. The van der Waals surface area contributed by atoms with E-state index in [0.29, 0.717) is 0 Å². The van der Waals surface area contributed by atoms with E-state index in [1.54, 1.807) is 21.3 Å². The number of hydrogen-bond donors (Lipinski definition) is 0. The van der Waals surface area contributed by atoms with Crippen LogP contribution in [-0.2, 0) is 0 Å². The molecule has 37 heavy (non-hydrogen) atoms. The summed E-state index contributed by atoms with van der Waals surface area (Å²) in [6.07, 6.45) is 2.49. The molecule has 0 radical (unpaired) electrons. The van der Waals surface area contributed by atoms with Crippen LogP contribution in [0.25, 0.3) is 0 Å². The van der Waals surface area contributed by atoms with Gasteiger partial charge < -0.3 is 14.2 Å². The maximum atomic E-state index is 6.18. The lowest BCUT2D eigenvalue weighted by Gasteiger charge is -2.48. The van der Waals surface area contributed by atoms with Crippen molar-refractivity contribution in [2.45, 2.75) is 53.5 Å². The number of methoxy groups -OCH3 is 3. The minimum atomic E-state index is -3.04. The van der Waals surface area contributed by atoms with Gasteiger partial charge in [0.05, 0.1) is 21.3 Å². The first kappa shape index (κ1) is 26.8. The minimum Gasteiger partial charge on any atom is -0.497 e. The van der Waals surface area contributed by atoms with Crippen molar-refractivity contribution in [1.29, 1.82) is 0 Å². The summed E-state index contributed by atoms with van der Waals surface area (Å²) < 4.78 is 18.5. The van der Waals surface area contributed by atoms with Gasteiger partial charge in [-0.1, -0.05) is 60.5 Å². The lowest BCUT2D eigenvalue weighted by atomic mass is 10.0. The van der Waals surface area contributed by atoms with Crippen molar-refractivity contribution < 1.29 is 14.2 Å². The first-order chi connectivity index (χ1) is 17.5. The van der Waals surface area contributed by atoms with Gasteiger partial charge in [0.1, 0.15) is 17.2 Å². The molecule has 1 unspecified atom stereocenters. The fourth-order valence-electron chi connectivity index (χ4n) is 6.32. The summed E-state index contributed by atoms with van der Waals surface area (Å²) in [4.78, 5) is 0. The molecular formula is C33H40O3Si. The van der Waals surface area contributed by atoms with Crippen LogP contribution in [0.15, 0.2) is 77.4 Å². The molecule has 0 spiro atoms. The van der Waals surface area contributed by atoms with Crippen molar-refractivity contribution in [1.82, 2.24) is 0 Å². The van der Waals surface area contributed by atoms with Gasteiger partial charge in [-0.05, 0) is 97.6 Å². The molecule has 194 valence electrons. The van der Waals surface area contributed by atoms with Crippen LogP contribution >= 0.6 is 0 Å². The highest BCUT2D eigenvalue weighted by Gasteiger charge is 2.59. The molecule has 4 heteroatoms. The van der Waals surface area contributed by atoms with Crippen LogP contribution in [0.5, 0.6) is 17.2 Å². The Morgan fingerprint density at radius 1 is 0.568 bits per heavy atom. The van der Waals surface area contributed by atoms with Crippen molar-refractivity contribution in [2.24, 2.45) is 0 Å². The second kappa shape index (κ2) is 9.90. The van der Waals surface area contributed by atoms with Gasteiger partial charge in [0, 0.05) is 5.04 Å². The molecule has 0 aromatic heterocycles. The Labute approximate surface area is 223 Å². The van der Waals surface area contributed by atoms with E-state index in [0.717, 1.165) is 17.2 Å². The molecule has 1 aliphatic carbocycles. The van der Waals surface area contributed by atoms with Gasteiger partial charge in [-0.2, -0.15) is 0 Å². The third-order valence-electron chi connectivity index (χ3n) is 8.50. The molecule has 0 fully saturated rings. The standard InChI is InChI=1S/C33H40O3Si/c1-21-11-14-30(27(17-21)34-8)37(31-15-12-22(2)18-28(31)35-9,32-16-13-23(3)19-29(32)36-10)33(7)20-24(4)25(5)26(33)6/h11-20H,1-10H3. The molecule has 3 nitrogen and oxygen atoms in total. The predicted molar refractivity (Wildman–Crippen MR) is 158 cm³/mol. The highest BCUT2D eigenvalue weighted by molar-refractivity contribution is 7.15. The zero-order valence-electron chi connectivity index (χ0n) is 24.0.